The van der Waals surface area contributed by atoms with E-state index in [0.717, 1.165) is 28.2 Å². The lowest BCUT2D eigenvalue weighted by molar-refractivity contribution is 0.0773. The maximum absolute atomic E-state index is 13.0. The lowest BCUT2D eigenvalue weighted by Crippen LogP contribution is -2.30. The molecule has 0 saturated carbocycles. The first kappa shape index (κ1) is 28.5. The number of benzene rings is 3. The minimum absolute atomic E-state index is 0.0131. The zero-order valence-corrected chi connectivity index (χ0v) is 24.1. The number of rotatable bonds is 8. The smallest absolute Gasteiger partial charge is 0.255 e. The maximum atomic E-state index is 13.0. The number of amides is 2. The monoisotopic (exact) mass is 535 g/mol. The average Bonchev–Trinajstić information content (AvgIpc) is 2.95. The number of carbonyl (C=O) groups is 2. The second-order valence-corrected chi connectivity index (χ2v) is 10.7. The molecule has 1 heterocycles. The zero-order chi connectivity index (χ0) is 28.9. The highest BCUT2D eigenvalue weighted by Gasteiger charge is 2.16. The van der Waals surface area contributed by atoms with Crippen molar-refractivity contribution in [3.8, 4) is 11.3 Å². The molecule has 0 aliphatic heterocycles. The number of hydrogen-bond acceptors (Lipinski definition) is 5. The first-order chi connectivity index (χ1) is 19.1. The molecule has 0 saturated heterocycles. The van der Waals surface area contributed by atoms with Crippen molar-refractivity contribution in [2.75, 3.05) is 23.7 Å². The summed E-state index contributed by atoms with van der Waals surface area (Å²) >= 11 is 0. The van der Waals surface area contributed by atoms with Crippen LogP contribution in [-0.2, 0) is 5.41 Å². The van der Waals surface area contributed by atoms with E-state index in [-0.39, 0.29) is 17.2 Å². The van der Waals surface area contributed by atoms with Gasteiger partial charge in [0.15, 0.2) is 0 Å². The molecule has 2 amide bonds. The Hall–Kier alpha value is -4.52. The van der Waals surface area contributed by atoms with Gasteiger partial charge in [-0.25, -0.2) is 9.97 Å². The highest BCUT2D eigenvalue weighted by Crippen LogP contribution is 2.29. The quantitative estimate of drug-likeness (QED) is 0.249. The van der Waals surface area contributed by atoms with Gasteiger partial charge in [-0.05, 0) is 85.8 Å². The first-order valence-electron chi connectivity index (χ1n) is 13.6. The number of carbonyl (C=O) groups excluding carboxylic acids is 2. The topological polar surface area (TPSA) is 87.2 Å². The Balaban J connectivity index is 1.50. The van der Waals surface area contributed by atoms with Crippen molar-refractivity contribution in [2.45, 2.75) is 47.0 Å². The van der Waals surface area contributed by atoms with Crippen LogP contribution in [0, 0.1) is 6.92 Å². The van der Waals surface area contributed by atoms with Gasteiger partial charge in [0.05, 0.1) is 5.69 Å². The number of aromatic nitrogens is 2. The van der Waals surface area contributed by atoms with Crippen molar-refractivity contribution < 1.29 is 9.59 Å². The highest BCUT2D eigenvalue weighted by atomic mass is 16.2. The number of hydrogen-bond donors (Lipinski definition) is 2. The fourth-order valence-corrected chi connectivity index (χ4v) is 4.45. The molecule has 40 heavy (non-hydrogen) atoms. The van der Waals surface area contributed by atoms with E-state index in [1.165, 1.54) is 5.56 Å². The summed E-state index contributed by atoms with van der Waals surface area (Å²) in [6.07, 6.45) is 1.70. The van der Waals surface area contributed by atoms with Crippen LogP contribution in [-0.4, -0.2) is 39.8 Å². The Morgan fingerprint density at radius 1 is 0.850 bits per heavy atom. The second-order valence-electron chi connectivity index (χ2n) is 10.7. The largest absolute Gasteiger partial charge is 0.339 e. The zero-order valence-electron chi connectivity index (χ0n) is 24.1. The lowest BCUT2D eigenvalue weighted by atomic mass is 9.86. The molecule has 206 valence electrons. The van der Waals surface area contributed by atoms with E-state index in [0.29, 0.717) is 30.2 Å². The van der Waals surface area contributed by atoms with E-state index in [1.807, 2.05) is 81.4 Å². The standard InChI is InChI=1S/C33H37N5O2/c1-7-38(8-2)31(40)24-14-18-26(19-15-24)35-32-34-21-20-29(37-32)27-10-9-11-28(22(27)3)36-30(39)23-12-16-25(17-13-23)33(4,5)6/h9-21H,7-8H2,1-6H3,(H,36,39)(H,34,35,37). The summed E-state index contributed by atoms with van der Waals surface area (Å²) in [5.74, 6) is 0.293. The van der Waals surface area contributed by atoms with Gasteiger partial charge in [0, 0.05) is 47.4 Å². The molecule has 2 N–H and O–H groups in total. The van der Waals surface area contributed by atoms with Crippen LogP contribution in [0.15, 0.2) is 79.0 Å². The van der Waals surface area contributed by atoms with Crippen LogP contribution in [0.3, 0.4) is 0 Å². The van der Waals surface area contributed by atoms with E-state index in [2.05, 4.69) is 36.4 Å². The van der Waals surface area contributed by atoms with Gasteiger partial charge in [0.2, 0.25) is 5.95 Å². The Labute approximate surface area is 236 Å². The highest BCUT2D eigenvalue weighted by molar-refractivity contribution is 6.05. The molecule has 0 spiro atoms. The molecular weight excluding hydrogens is 498 g/mol. The molecule has 0 unspecified atom stereocenters. The summed E-state index contributed by atoms with van der Waals surface area (Å²) < 4.78 is 0. The molecule has 7 heteroatoms. The van der Waals surface area contributed by atoms with Crippen molar-refractivity contribution in [1.82, 2.24) is 14.9 Å². The third-order valence-corrected chi connectivity index (χ3v) is 6.97. The second kappa shape index (κ2) is 12.1. The molecule has 1 aromatic heterocycles. The normalized spacial score (nSPS) is 11.2. The van der Waals surface area contributed by atoms with Crippen LogP contribution >= 0.6 is 0 Å². The summed E-state index contributed by atoms with van der Waals surface area (Å²) in [6, 6.07) is 22.7. The van der Waals surface area contributed by atoms with Crippen molar-refractivity contribution in [2.24, 2.45) is 0 Å². The Kier molecular flexibility index (Phi) is 8.63. The molecular formula is C33H37N5O2. The Morgan fingerprint density at radius 3 is 2.12 bits per heavy atom. The first-order valence-corrected chi connectivity index (χ1v) is 13.6. The van der Waals surface area contributed by atoms with E-state index in [4.69, 9.17) is 4.98 Å². The predicted molar refractivity (Wildman–Crippen MR) is 162 cm³/mol. The Morgan fingerprint density at radius 2 is 1.50 bits per heavy atom. The third-order valence-electron chi connectivity index (χ3n) is 6.97. The molecule has 4 aromatic rings. The molecule has 0 aliphatic rings. The van der Waals surface area contributed by atoms with Crippen molar-refractivity contribution in [1.29, 1.82) is 0 Å². The summed E-state index contributed by atoms with van der Waals surface area (Å²) in [7, 11) is 0. The summed E-state index contributed by atoms with van der Waals surface area (Å²) in [5, 5.41) is 6.27. The molecule has 0 aliphatic carbocycles. The van der Waals surface area contributed by atoms with Crippen LogP contribution < -0.4 is 10.6 Å². The summed E-state index contributed by atoms with van der Waals surface area (Å²) in [5.41, 5.74) is 6.50. The van der Waals surface area contributed by atoms with Crippen LogP contribution in [0.1, 0.15) is 66.5 Å². The Bertz CT molecular complexity index is 1490. The van der Waals surface area contributed by atoms with E-state index < -0.39 is 0 Å². The van der Waals surface area contributed by atoms with Gasteiger partial charge in [-0.15, -0.1) is 0 Å². The van der Waals surface area contributed by atoms with Gasteiger partial charge in [0.1, 0.15) is 0 Å². The van der Waals surface area contributed by atoms with Gasteiger partial charge in [-0.1, -0.05) is 45.0 Å². The lowest BCUT2D eigenvalue weighted by Gasteiger charge is -2.19. The fraction of sp³-hybridized carbons (Fsp3) is 0.273. The average molecular weight is 536 g/mol. The van der Waals surface area contributed by atoms with E-state index >= 15 is 0 Å². The van der Waals surface area contributed by atoms with Crippen molar-refractivity contribution in [3.05, 3.63) is 101 Å². The molecule has 0 radical (unpaired) electrons. The van der Waals surface area contributed by atoms with E-state index in [1.54, 1.807) is 23.2 Å². The summed E-state index contributed by atoms with van der Waals surface area (Å²) in [6.45, 7) is 13.7. The van der Waals surface area contributed by atoms with Crippen molar-refractivity contribution >= 4 is 29.1 Å². The molecule has 0 atom stereocenters. The van der Waals surface area contributed by atoms with Gasteiger partial charge in [-0.3, -0.25) is 9.59 Å². The van der Waals surface area contributed by atoms with Crippen LogP contribution in [0.4, 0.5) is 17.3 Å². The van der Waals surface area contributed by atoms with Gasteiger partial charge in [-0.2, -0.15) is 0 Å². The van der Waals surface area contributed by atoms with Crippen LogP contribution in [0.2, 0.25) is 0 Å². The fourth-order valence-electron chi connectivity index (χ4n) is 4.45. The van der Waals surface area contributed by atoms with E-state index in [9.17, 15) is 9.59 Å². The van der Waals surface area contributed by atoms with Gasteiger partial charge < -0.3 is 15.5 Å². The van der Waals surface area contributed by atoms with Gasteiger partial charge in [0.25, 0.3) is 11.8 Å². The molecule has 7 nitrogen and oxygen atoms in total. The molecule has 0 bridgehead atoms. The maximum Gasteiger partial charge on any atom is 0.255 e. The molecule has 0 fully saturated rings. The predicted octanol–water partition coefficient (Wildman–Crippen LogP) is 7.23. The third kappa shape index (κ3) is 6.54. The summed E-state index contributed by atoms with van der Waals surface area (Å²) in [4.78, 5) is 36.5. The number of anilines is 3. The molecule has 4 rings (SSSR count). The minimum Gasteiger partial charge on any atom is -0.339 e. The minimum atomic E-state index is -0.159. The molecule has 3 aromatic carbocycles. The number of nitrogens with zero attached hydrogens (tertiary/aromatic N) is 3. The van der Waals surface area contributed by atoms with Crippen LogP contribution in [0.25, 0.3) is 11.3 Å². The van der Waals surface area contributed by atoms with Crippen molar-refractivity contribution in [3.63, 3.8) is 0 Å². The SMILES string of the molecule is CCN(CC)C(=O)c1ccc(Nc2nccc(-c3cccc(NC(=O)c4ccc(C(C)(C)C)cc4)c3C)n2)cc1. The van der Waals surface area contributed by atoms with Gasteiger partial charge >= 0.3 is 0 Å². The number of nitrogens with one attached hydrogen (secondary N) is 2. The van der Waals surface area contributed by atoms with Crippen LogP contribution in [0.5, 0.6) is 0 Å².